The molecule has 0 aromatic rings. The number of hydrogen-bond acceptors (Lipinski definition) is 3. The van der Waals surface area contributed by atoms with Crippen molar-refractivity contribution in [3.05, 3.63) is 6.61 Å². The van der Waals surface area contributed by atoms with E-state index in [0.717, 1.165) is 12.8 Å². The number of carbonyl (C=O) groups is 1. The molecule has 1 saturated carbocycles. The smallest absolute Gasteiger partial charge is 0.186 e. The second-order valence-corrected chi connectivity index (χ2v) is 5.10. The van der Waals surface area contributed by atoms with Gasteiger partial charge in [0.1, 0.15) is 6.61 Å². The van der Waals surface area contributed by atoms with E-state index in [0.29, 0.717) is 17.6 Å². The van der Waals surface area contributed by atoms with Gasteiger partial charge in [0, 0.05) is 12.2 Å². The minimum Gasteiger partial charge on any atom is -0.384 e. The summed E-state index contributed by atoms with van der Waals surface area (Å²) in [5.74, 6) is 0.538. The summed E-state index contributed by atoms with van der Waals surface area (Å²) >= 11 is 1.46. The maximum Gasteiger partial charge on any atom is 0.186 e. The highest BCUT2D eigenvalue weighted by Gasteiger charge is 2.23. The second-order valence-electron chi connectivity index (χ2n) is 3.63. The average molecular weight is 200 g/mol. The van der Waals surface area contributed by atoms with Gasteiger partial charge in [0.15, 0.2) is 5.12 Å². The highest BCUT2D eigenvalue weighted by atomic mass is 32.2. The zero-order valence-electron chi connectivity index (χ0n) is 7.95. The van der Waals surface area contributed by atoms with E-state index in [2.05, 4.69) is 6.61 Å². The molecule has 1 rings (SSSR count). The Morgan fingerprint density at radius 3 is 3.00 bits per heavy atom. The first-order valence-electron chi connectivity index (χ1n) is 4.76. The molecule has 0 heterocycles. The molecule has 13 heavy (non-hydrogen) atoms. The molecule has 3 heteroatoms. The van der Waals surface area contributed by atoms with Crippen LogP contribution in [0.5, 0.6) is 0 Å². The zero-order valence-corrected chi connectivity index (χ0v) is 8.77. The Labute approximate surface area is 84.1 Å². The highest BCUT2D eigenvalue weighted by Crippen LogP contribution is 2.34. The first kappa shape index (κ1) is 11.1. The van der Waals surface area contributed by atoms with E-state index < -0.39 is 0 Å². The molecule has 2 unspecified atom stereocenters. The normalized spacial score (nSPS) is 28.8. The van der Waals surface area contributed by atoms with Crippen LogP contribution in [0.25, 0.3) is 0 Å². The highest BCUT2D eigenvalue weighted by molar-refractivity contribution is 8.14. The molecule has 2 nitrogen and oxygen atoms in total. The van der Waals surface area contributed by atoms with Crippen LogP contribution in [0, 0.1) is 12.5 Å². The third-order valence-electron chi connectivity index (χ3n) is 2.45. The van der Waals surface area contributed by atoms with Crippen molar-refractivity contribution in [3.8, 4) is 0 Å². The monoisotopic (exact) mass is 200 g/mol. The van der Waals surface area contributed by atoms with Crippen LogP contribution in [0.4, 0.5) is 0 Å². The van der Waals surface area contributed by atoms with Crippen molar-refractivity contribution in [2.75, 3.05) is 0 Å². The molecule has 0 saturated heterocycles. The zero-order chi connectivity index (χ0) is 9.68. The molecule has 2 radical (unpaired) electrons. The number of aliphatic hydroxyl groups excluding tert-OH is 1. The van der Waals surface area contributed by atoms with Crippen LogP contribution in [0.1, 0.15) is 39.0 Å². The van der Waals surface area contributed by atoms with E-state index in [1.165, 1.54) is 24.6 Å². The number of hydrogen-bond donors (Lipinski definition) is 1. The molecule has 2 atom stereocenters. The lowest BCUT2D eigenvalue weighted by atomic mass is 9.87. The van der Waals surface area contributed by atoms with Crippen LogP contribution in [0.15, 0.2) is 0 Å². The molecule has 0 aliphatic heterocycles. The molecule has 1 aliphatic rings. The van der Waals surface area contributed by atoms with Gasteiger partial charge in [-0.2, -0.15) is 0 Å². The molecule has 1 aliphatic carbocycles. The molecule has 0 aromatic carbocycles. The molecule has 1 fully saturated rings. The summed E-state index contributed by atoms with van der Waals surface area (Å²) in [5.41, 5.74) is 0. The topological polar surface area (TPSA) is 37.3 Å². The Bertz CT molecular complexity index is 168. The quantitative estimate of drug-likeness (QED) is 0.761. The van der Waals surface area contributed by atoms with Gasteiger partial charge in [-0.15, -0.1) is 0 Å². The van der Waals surface area contributed by atoms with E-state index in [-0.39, 0.29) is 5.12 Å². The van der Waals surface area contributed by atoms with Gasteiger partial charge >= 0.3 is 0 Å². The third-order valence-corrected chi connectivity index (χ3v) is 3.54. The molecular weight excluding hydrogens is 184 g/mol. The Morgan fingerprint density at radius 2 is 2.38 bits per heavy atom. The van der Waals surface area contributed by atoms with Crippen molar-refractivity contribution in [2.45, 2.75) is 44.3 Å². The van der Waals surface area contributed by atoms with Crippen LogP contribution in [-0.2, 0) is 4.79 Å². The van der Waals surface area contributed by atoms with E-state index >= 15 is 0 Å². The van der Waals surface area contributed by atoms with Crippen LogP contribution in [0.2, 0.25) is 0 Å². The minimum absolute atomic E-state index is 0.211. The summed E-state index contributed by atoms with van der Waals surface area (Å²) in [6.45, 7) is 3.84. The first-order chi connectivity index (χ1) is 6.22. The number of aliphatic hydroxyl groups is 1. The molecule has 1 N–H and O–H groups in total. The van der Waals surface area contributed by atoms with Gasteiger partial charge in [0.05, 0.1) is 0 Å². The van der Waals surface area contributed by atoms with Crippen LogP contribution >= 0.6 is 11.8 Å². The summed E-state index contributed by atoms with van der Waals surface area (Å²) in [7, 11) is 0. The van der Waals surface area contributed by atoms with E-state index in [1.807, 2.05) is 0 Å². The van der Waals surface area contributed by atoms with Gasteiger partial charge in [-0.3, -0.25) is 4.79 Å². The van der Waals surface area contributed by atoms with Crippen molar-refractivity contribution in [1.82, 2.24) is 0 Å². The van der Waals surface area contributed by atoms with Gasteiger partial charge in [-0.05, 0) is 25.2 Å². The summed E-state index contributed by atoms with van der Waals surface area (Å²) in [6.07, 6.45) is 5.21. The minimum atomic E-state index is 0.211. The summed E-state index contributed by atoms with van der Waals surface area (Å²) in [4.78, 5) is 10.9. The van der Waals surface area contributed by atoms with E-state index in [1.54, 1.807) is 6.92 Å². The first-order valence-corrected chi connectivity index (χ1v) is 5.64. The lowest BCUT2D eigenvalue weighted by molar-refractivity contribution is -0.109. The molecular formula is C10H16O2S. The number of rotatable bonds is 3. The maximum absolute atomic E-state index is 10.9. The Balaban J connectivity index is 2.28. The largest absolute Gasteiger partial charge is 0.384 e. The Kier molecular flexibility index (Phi) is 4.81. The SMILES string of the molecule is CC(=O)SC1CCCC(C[C]O)C1. The van der Waals surface area contributed by atoms with Crippen molar-refractivity contribution in [3.63, 3.8) is 0 Å². The van der Waals surface area contributed by atoms with Crippen LogP contribution in [0.3, 0.4) is 0 Å². The van der Waals surface area contributed by atoms with Crippen molar-refractivity contribution < 1.29 is 9.90 Å². The standard InChI is InChI=1S/C10H16O2S/c1-8(12)13-10-4-2-3-9(7-10)5-6-11/h9-11H,2-5,7H2,1H3. The second kappa shape index (κ2) is 5.66. The molecule has 0 aromatic heterocycles. The predicted octanol–water partition coefficient (Wildman–Crippen LogP) is 2.63. The lowest BCUT2D eigenvalue weighted by Gasteiger charge is -2.27. The molecule has 0 spiro atoms. The third kappa shape index (κ3) is 4.14. The predicted molar refractivity (Wildman–Crippen MR) is 53.8 cm³/mol. The molecule has 0 amide bonds. The maximum atomic E-state index is 10.9. The van der Waals surface area contributed by atoms with E-state index in [9.17, 15) is 4.79 Å². The average Bonchev–Trinajstić information content (AvgIpc) is 2.04. The Morgan fingerprint density at radius 1 is 1.62 bits per heavy atom. The summed E-state index contributed by atoms with van der Waals surface area (Å²) < 4.78 is 0. The van der Waals surface area contributed by atoms with Gasteiger partial charge < -0.3 is 5.11 Å². The van der Waals surface area contributed by atoms with Gasteiger partial charge in [-0.1, -0.05) is 24.6 Å². The molecule has 74 valence electrons. The number of thioether (sulfide) groups is 1. The van der Waals surface area contributed by atoms with Gasteiger partial charge in [0.2, 0.25) is 0 Å². The van der Waals surface area contributed by atoms with Crippen LogP contribution < -0.4 is 0 Å². The summed E-state index contributed by atoms with van der Waals surface area (Å²) in [6, 6.07) is 0. The lowest BCUT2D eigenvalue weighted by Crippen LogP contribution is -2.18. The van der Waals surface area contributed by atoms with Crippen molar-refractivity contribution in [2.24, 2.45) is 5.92 Å². The van der Waals surface area contributed by atoms with Crippen molar-refractivity contribution >= 4 is 16.9 Å². The Hall–Kier alpha value is -0.0200. The molecule has 0 bridgehead atoms. The van der Waals surface area contributed by atoms with Gasteiger partial charge in [0.25, 0.3) is 0 Å². The van der Waals surface area contributed by atoms with Crippen LogP contribution in [-0.4, -0.2) is 15.5 Å². The summed E-state index contributed by atoms with van der Waals surface area (Å²) in [5, 5.41) is 9.25. The fraction of sp³-hybridized carbons (Fsp3) is 0.800. The number of carbonyl (C=O) groups excluding carboxylic acids is 1. The van der Waals surface area contributed by atoms with Gasteiger partial charge in [-0.25, -0.2) is 0 Å². The fourth-order valence-corrected chi connectivity index (χ4v) is 3.02. The van der Waals surface area contributed by atoms with Crippen molar-refractivity contribution in [1.29, 1.82) is 0 Å². The van der Waals surface area contributed by atoms with E-state index in [4.69, 9.17) is 5.11 Å². The fourth-order valence-electron chi connectivity index (χ4n) is 1.90.